The van der Waals surface area contributed by atoms with E-state index in [2.05, 4.69) is 17.6 Å². The zero-order chi connectivity index (χ0) is 9.68. The highest BCUT2D eigenvalue weighted by atomic mass is 16.1. The van der Waals surface area contributed by atoms with Gasteiger partial charge in [0.25, 0.3) is 0 Å². The first kappa shape index (κ1) is 10.5. The summed E-state index contributed by atoms with van der Waals surface area (Å²) >= 11 is 0. The molecule has 0 aromatic carbocycles. The van der Waals surface area contributed by atoms with Crippen LogP contribution in [0, 0.1) is 11.8 Å². The first-order chi connectivity index (χ1) is 6.24. The Morgan fingerprint density at radius 3 is 2.77 bits per heavy atom. The van der Waals surface area contributed by atoms with E-state index in [1.54, 1.807) is 0 Å². The van der Waals surface area contributed by atoms with Gasteiger partial charge in [-0.2, -0.15) is 0 Å². The molecule has 1 unspecified atom stereocenters. The summed E-state index contributed by atoms with van der Waals surface area (Å²) in [5.41, 5.74) is 0. The van der Waals surface area contributed by atoms with Gasteiger partial charge in [0.15, 0.2) is 0 Å². The van der Waals surface area contributed by atoms with Gasteiger partial charge in [-0.3, -0.25) is 4.79 Å². The predicted octanol–water partition coefficient (Wildman–Crippen LogP) is 0.758. The third kappa shape index (κ3) is 4.27. The van der Waals surface area contributed by atoms with Crippen LogP contribution in [-0.2, 0) is 4.79 Å². The molecule has 1 aliphatic carbocycles. The fourth-order valence-corrected chi connectivity index (χ4v) is 1.50. The highest BCUT2D eigenvalue weighted by Crippen LogP contribution is 2.35. The Morgan fingerprint density at radius 2 is 2.23 bits per heavy atom. The molecule has 1 amide bonds. The fourth-order valence-electron chi connectivity index (χ4n) is 1.50. The van der Waals surface area contributed by atoms with E-state index in [4.69, 9.17) is 0 Å². The van der Waals surface area contributed by atoms with E-state index in [9.17, 15) is 4.79 Å². The van der Waals surface area contributed by atoms with Crippen molar-refractivity contribution < 1.29 is 4.79 Å². The molecule has 3 nitrogen and oxygen atoms in total. The van der Waals surface area contributed by atoms with Crippen LogP contribution >= 0.6 is 0 Å². The molecule has 1 saturated carbocycles. The normalized spacial score (nSPS) is 18.3. The summed E-state index contributed by atoms with van der Waals surface area (Å²) in [7, 11) is 0. The Kier molecular flexibility index (Phi) is 4.22. The predicted molar refractivity (Wildman–Crippen MR) is 53.4 cm³/mol. The zero-order valence-corrected chi connectivity index (χ0v) is 8.60. The van der Waals surface area contributed by atoms with Gasteiger partial charge in [-0.25, -0.2) is 0 Å². The molecule has 1 atom stereocenters. The molecule has 0 spiro atoms. The maximum absolute atomic E-state index is 11.0. The number of amides is 1. The topological polar surface area (TPSA) is 41.1 Å². The average molecular weight is 184 g/mol. The monoisotopic (exact) mass is 184 g/mol. The van der Waals surface area contributed by atoms with Crippen molar-refractivity contribution in [3.05, 3.63) is 0 Å². The molecule has 1 aliphatic rings. The summed E-state index contributed by atoms with van der Waals surface area (Å²) in [4.78, 5) is 11.0. The Hall–Kier alpha value is -0.570. The largest absolute Gasteiger partial charge is 0.355 e. The molecular formula is C10H20N2O. The van der Waals surface area contributed by atoms with Gasteiger partial charge in [0.1, 0.15) is 0 Å². The molecule has 76 valence electrons. The Labute approximate surface area is 80.3 Å². The van der Waals surface area contributed by atoms with Crippen molar-refractivity contribution in [2.45, 2.75) is 26.7 Å². The fraction of sp³-hybridized carbons (Fsp3) is 0.900. The number of rotatable bonds is 6. The summed E-state index contributed by atoms with van der Waals surface area (Å²) in [5, 5.41) is 5.94. The molecule has 2 N–H and O–H groups in total. The van der Waals surface area contributed by atoms with E-state index in [1.807, 2.05) is 6.92 Å². The number of hydrogen-bond acceptors (Lipinski definition) is 2. The van der Waals surface area contributed by atoms with Crippen molar-refractivity contribution in [2.75, 3.05) is 19.6 Å². The second kappa shape index (κ2) is 5.22. The SMILES string of the molecule is CCNC(=O)CNCC(C)C1CC1. The number of carbonyl (C=O) groups excluding carboxylic acids is 1. The molecular weight excluding hydrogens is 164 g/mol. The lowest BCUT2D eigenvalue weighted by molar-refractivity contribution is -0.120. The van der Waals surface area contributed by atoms with Gasteiger partial charge < -0.3 is 10.6 Å². The maximum atomic E-state index is 11.0. The van der Waals surface area contributed by atoms with Gasteiger partial charge in [-0.05, 0) is 38.1 Å². The smallest absolute Gasteiger partial charge is 0.233 e. The van der Waals surface area contributed by atoms with Crippen molar-refractivity contribution in [1.29, 1.82) is 0 Å². The van der Waals surface area contributed by atoms with E-state index in [0.717, 1.165) is 24.9 Å². The number of likely N-dealkylation sites (N-methyl/N-ethyl adjacent to an activating group) is 1. The minimum Gasteiger partial charge on any atom is -0.355 e. The van der Waals surface area contributed by atoms with Crippen molar-refractivity contribution >= 4 is 5.91 Å². The molecule has 1 rings (SSSR count). The van der Waals surface area contributed by atoms with Crippen LogP contribution in [0.5, 0.6) is 0 Å². The quantitative estimate of drug-likeness (QED) is 0.640. The lowest BCUT2D eigenvalue weighted by atomic mass is 10.1. The van der Waals surface area contributed by atoms with E-state index in [0.29, 0.717) is 6.54 Å². The summed E-state index contributed by atoms with van der Waals surface area (Å²) in [5.74, 6) is 1.75. The Bertz CT molecular complexity index is 166. The van der Waals surface area contributed by atoms with Crippen LogP contribution in [0.15, 0.2) is 0 Å². The van der Waals surface area contributed by atoms with Crippen molar-refractivity contribution in [3.8, 4) is 0 Å². The van der Waals surface area contributed by atoms with E-state index in [-0.39, 0.29) is 5.91 Å². The lowest BCUT2D eigenvalue weighted by Crippen LogP contribution is -2.35. The Morgan fingerprint density at radius 1 is 1.54 bits per heavy atom. The van der Waals surface area contributed by atoms with E-state index in [1.165, 1.54) is 12.8 Å². The van der Waals surface area contributed by atoms with Gasteiger partial charge >= 0.3 is 0 Å². The number of carbonyl (C=O) groups is 1. The van der Waals surface area contributed by atoms with Crippen LogP contribution in [0.1, 0.15) is 26.7 Å². The van der Waals surface area contributed by atoms with E-state index < -0.39 is 0 Å². The Balaban J connectivity index is 1.96. The van der Waals surface area contributed by atoms with Crippen molar-refractivity contribution in [3.63, 3.8) is 0 Å². The molecule has 0 heterocycles. The van der Waals surface area contributed by atoms with Crippen LogP contribution < -0.4 is 10.6 Å². The second-order valence-corrected chi connectivity index (χ2v) is 3.90. The molecule has 13 heavy (non-hydrogen) atoms. The molecule has 0 aromatic heterocycles. The summed E-state index contributed by atoms with van der Waals surface area (Å²) < 4.78 is 0. The van der Waals surface area contributed by atoms with Crippen molar-refractivity contribution in [2.24, 2.45) is 11.8 Å². The summed E-state index contributed by atoms with van der Waals surface area (Å²) in [6, 6.07) is 0. The summed E-state index contributed by atoms with van der Waals surface area (Å²) in [6.45, 7) is 6.35. The first-order valence-electron chi connectivity index (χ1n) is 5.21. The molecule has 0 saturated heterocycles. The van der Waals surface area contributed by atoms with Gasteiger partial charge in [0, 0.05) is 6.54 Å². The molecule has 1 fully saturated rings. The minimum atomic E-state index is 0.102. The third-order valence-corrected chi connectivity index (χ3v) is 2.55. The molecule has 0 radical (unpaired) electrons. The minimum absolute atomic E-state index is 0.102. The van der Waals surface area contributed by atoms with Crippen LogP contribution in [0.3, 0.4) is 0 Å². The maximum Gasteiger partial charge on any atom is 0.233 e. The van der Waals surface area contributed by atoms with Gasteiger partial charge in [0.05, 0.1) is 6.54 Å². The van der Waals surface area contributed by atoms with Crippen LogP contribution in [0.4, 0.5) is 0 Å². The number of nitrogens with one attached hydrogen (secondary N) is 2. The third-order valence-electron chi connectivity index (χ3n) is 2.55. The van der Waals surface area contributed by atoms with Crippen LogP contribution in [0.2, 0.25) is 0 Å². The highest BCUT2D eigenvalue weighted by molar-refractivity contribution is 5.77. The van der Waals surface area contributed by atoms with Gasteiger partial charge in [-0.15, -0.1) is 0 Å². The highest BCUT2D eigenvalue weighted by Gasteiger charge is 2.27. The summed E-state index contributed by atoms with van der Waals surface area (Å²) in [6.07, 6.45) is 2.76. The standard InChI is InChI=1S/C10H20N2O/c1-3-12-10(13)7-11-6-8(2)9-4-5-9/h8-9,11H,3-7H2,1-2H3,(H,12,13). The number of hydrogen-bond donors (Lipinski definition) is 2. The first-order valence-corrected chi connectivity index (χ1v) is 5.21. The molecule has 0 bridgehead atoms. The van der Waals surface area contributed by atoms with E-state index >= 15 is 0 Å². The lowest BCUT2D eigenvalue weighted by Gasteiger charge is -2.10. The van der Waals surface area contributed by atoms with Crippen molar-refractivity contribution in [1.82, 2.24) is 10.6 Å². The second-order valence-electron chi connectivity index (χ2n) is 3.90. The zero-order valence-electron chi connectivity index (χ0n) is 8.60. The van der Waals surface area contributed by atoms with Gasteiger partial charge in [0.2, 0.25) is 5.91 Å². The van der Waals surface area contributed by atoms with Crippen LogP contribution in [-0.4, -0.2) is 25.5 Å². The molecule has 3 heteroatoms. The van der Waals surface area contributed by atoms with Crippen LogP contribution in [0.25, 0.3) is 0 Å². The molecule has 0 aromatic rings. The van der Waals surface area contributed by atoms with Gasteiger partial charge in [-0.1, -0.05) is 6.92 Å². The molecule has 0 aliphatic heterocycles. The average Bonchev–Trinajstić information content (AvgIpc) is 2.86.